The van der Waals surface area contributed by atoms with Gasteiger partial charge in [0.05, 0.1) is 10.5 Å². The predicted octanol–water partition coefficient (Wildman–Crippen LogP) is 2.26. The second-order valence-corrected chi connectivity index (χ2v) is 4.26. The first-order valence-electron chi connectivity index (χ1n) is 3.82. The molecule has 2 aromatic heterocycles. The molecule has 0 aliphatic carbocycles. The number of furan rings is 1. The largest absolute Gasteiger partial charge is 0.493 e. The van der Waals surface area contributed by atoms with Crippen LogP contribution in [0.5, 0.6) is 5.88 Å². The molecule has 2 heterocycles. The van der Waals surface area contributed by atoms with Gasteiger partial charge in [-0.2, -0.15) is 4.98 Å². The van der Waals surface area contributed by atoms with Gasteiger partial charge in [0.2, 0.25) is 5.88 Å². The maximum absolute atomic E-state index is 11.1. The predicted molar refractivity (Wildman–Crippen MR) is 59.6 cm³/mol. The Bertz CT molecular complexity index is 542. The van der Waals surface area contributed by atoms with E-state index in [0.29, 0.717) is 14.9 Å². The van der Waals surface area contributed by atoms with Crippen LogP contribution in [-0.2, 0) is 0 Å². The van der Waals surface area contributed by atoms with Gasteiger partial charge in [-0.15, -0.1) is 0 Å². The minimum Gasteiger partial charge on any atom is -0.493 e. The highest BCUT2D eigenvalue weighted by molar-refractivity contribution is 9.13. The molecule has 0 amide bonds. The van der Waals surface area contributed by atoms with Gasteiger partial charge in [-0.3, -0.25) is 4.79 Å². The second-order valence-electron chi connectivity index (χ2n) is 2.68. The van der Waals surface area contributed by atoms with E-state index in [0.717, 1.165) is 6.07 Å². The molecule has 78 valence electrons. The number of halogens is 2. The quantitative estimate of drug-likeness (QED) is 0.837. The van der Waals surface area contributed by atoms with Crippen molar-refractivity contribution in [1.29, 1.82) is 0 Å². The molecule has 0 saturated heterocycles. The molecule has 15 heavy (non-hydrogen) atoms. The summed E-state index contributed by atoms with van der Waals surface area (Å²) in [6.07, 6.45) is 0. The minimum atomic E-state index is -0.443. The smallest absolute Gasteiger partial charge is 0.255 e. The van der Waals surface area contributed by atoms with Crippen molar-refractivity contribution < 1.29 is 9.52 Å². The Labute approximate surface area is 100 Å². The topological polar surface area (TPSA) is 79.1 Å². The fourth-order valence-corrected chi connectivity index (χ4v) is 1.60. The van der Waals surface area contributed by atoms with Crippen molar-refractivity contribution >= 4 is 31.9 Å². The third kappa shape index (κ3) is 2.13. The van der Waals surface area contributed by atoms with Crippen LogP contribution in [0.25, 0.3) is 11.6 Å². The van der Waals surface area contributed by atoms with E-state index in [9.17, 15) is 4.79 Å². The average molecular weight is 336 g/mol. The van der Waals surface area contributed by atoms with Gasteiger partial charge in [-0.25, -0.2) is 0 Å². The fraction of sp³-hybridized carbons (Fsp3) is 0. The highest BCUT2D eigenvalue weighted by atomic mass is 79.9. The SMILES string of the molecule is O=c1cc(O)nc(-c2cc(Br)c(Br)o2)[nH]1. The second kappa shape index (κ2) is 3.82. The van der Waals surface area contributed by atoms with Gasteiger partial charge in [0, 0.05) is 6.07 Å². The molecule has 0 radical (unpaired) electrons. The Hall–Kier alpha value is -1.08. The highest BCUT2D eigenvalue weighted by Gasteiger charge is 2.11. The van der Waals surface area contributed by atoms with Crippen molar-refractivity contribution in [2.24, 2.45) is 0 Å². The average Bonchev–Trinajstić information content (AvgIpc) is 2.45. The maximum Gasteiger partial charge on any atom is 0.255 e. The van der Waals surface area contributed by atoms with Crippen LogP contribution < -0.4 is 5.56 Å². The molecule has 0 unspecified atom stereocenters. The fourth-order valence-electron chi connectivity index (χ4n) is 1.02. The van der Waals surface area contributed by atoms with Crippen molar-refractivity contribution in [2.45, 2.75) is 0 Å². The lowest BCUT2D eigenvalue weighted by molar-refractivity contribution is 0.450. The molecular weight excluding hydrogens is 332 g/mol. The standard InChI is InChI=1S/C8H4Br2N2O3/c9-3-1-4(15-7(3)10)8-11-5(13)2-6(14)12-8/h1-2H,(H2,11,12,13,14). The molecule has 0 aliphatic rings. The van der Waals surface area contributed by atoms with Crippen molar-refractivity contribution in [1.82, 2.24) is 9.97 Å². The Kier molecular flexibility index (Phi) is 2.66. The van der Waals surface area contributed by atoms with Crippen LogP contribution in [0.2, 0.25) is 0 Å². The van der Waals surface area contributed by atoms with Crippen LogP contribution in [0.4, 0.5) is 0 Å². The summed E-state index contributed by atoms with van der Waals surface area (Å²) in [6, 6.07) is 2.61. The molecular formula is C8H4Br2N2O3. The number of hydrogen-bond donors (Lipinski definition) is 2. The molecule has 0 atom stereocenters. The highest BCUT2D eigenvalue weighted by Crippen LogP contribution is 2.31. The van der Waals surface area contributed by atoms with Gasteiger partial charge in [-0.05, 0) is 31.9 Å². The molecule has 0 aromatic carbocycles. The van der Waals surface area contributed by atoms with Gasteiger partial charge in [0.15, 0.2) is 16.3 Å². The molecule has 0 spiro atoms. The van der Waals surface area contributed by atoms with Crippen LogP contribution in [0, 0.1) is 0 Å². The third-order valence-corrected chi connectivity index (χ3v) is 3.32. The summed E-state index contributed by atoms with van der Waals surface area (Å²) in [5.41, 5.74) is -0.443. The first kappa shape index (κ1) is 10.4. The van der Waals surface area contributed by atoms with E-state index >= 15 is 0 Å². The lowest BCUT2D eigenvalue weighted by atomic mass is 10.4. The van der Waals surface area contributed by atoms with E-state index in [2.05, 4.69) is 41.8 Å². The number of aromatic amines is 1. The Morgan fingerprint density at radius 1 is 1.40 bits per heavy atom. The van der Waals surface area contributed by atoms with Gasteiger partial charge in [-0.1, -0.05) is 0 Å². The molecule has 0 bridgehead atoms. The van der Waals surface area contributed by atoms with E-state index in [4.69, 9.17) is 9.52 Å². The van der Waals surface area contributed by atoms with E-state index in [1.165, 1.54) is 0 Å². The van der Waals surface area contributed by atoms with Crippen LogP contribution in [-0.4, -0.2) is 15.1 Å². The van der Waals surface area contributed by atoms with Gasteiger partial charge < -0.3 is 14.5 Å². The van der Waals surface area contributed by atoms with E-state index < -0.39 is 5.56 Å². The monoisotopic (exact) mass is 334 g/mol. The molecule has 2 N–H and O–H groups in total. The molecule has 2 aromatic rings. The van der Waals surface area contributed by atoms with Crippen molar-refractivity contribution in [3.63, 3.8) is 0 Å². The zero-order valence-electron chi connectivity index (χ0n) is 7.12. The number of nitrogens with one attached hydrogen (secondary N) is 1. The summed E-state index contributed by atoms with van der Waals surface area (Å²) in [5, 5.41) is 9.14. The summed E-state index contributed by atoms with van der Waals surface area (Å²) in [5.74, 6) is 0.172. The van der Waals surface area contributed by atoms with Gasteiger partial charge in [0.1, 0.15) is 0 Å². The minimum absolute atomic E-state index is 0.173. The lowest BCUT2D eigenvalue weighted by Crippen LogP contribution is -2.06. The van der Waals surface area contributed by atoms with Crippen molar-refractivity contribution in [3.8, 4) is 17.5 Å². The van der Waals surface area contributed by atoms with Gasteiger partial charge >= 0.3 is 0 Å². The molecule has 0 aliphatic heterocycles. The number of nitrogens with zero attached hydrogens (tertiary/aromatic N) is 1. The Morgan fingerprint density at radius 2 is 2.13 bits per heavy atom. The van der Waals surface area contributed by atoms with Crippen LogP contribution in [0.1, 0.15) is 0 Å². The molecule has 0 fully saturated rings. The maximum atomic E-state index is 11.1. The first-order chi connectivity index (χ1) is 7.06. The van der Waals surface area contributed by atoms with Crippen LogP contribution in [0.15, 0.2) is 30.5 Å². The number of aromatic hydroxyl groups is 1. The van der Waals surface area contributed by atoms with Gasteiger partial charge in [0.25, 0.3) is 5.56 Å². The zero-order valence-corrected chi connectivity index (χ0v) is 10.3. The lowest BCUT2D eigenvalue weighted by Gasteiger charge is -1.95. The number of rotatable bonds is 1. The summed E-state index contributed by atoms with van der Waals surface area (Å²) in [4.78, 5) is 17.2. The number of aromatic nitrogens is 2. The van der Waals surface area contributed by atoms with Crippen molar-refractivity contribution in [2.75, 3.05) is 0 Å². The zero-order chi connectivity index (χ0) is 11.0. The first-order valence-corrected chi connectivity index (χ1v) is 5.40. The van der Waals surface area contributed by atoms with Crippen LogP contribution in [0.3, 0.4) is 0 Å². The summed E-state index contributed by atoms with van der Waals surface area (Å²) in [7, 11) is 0. The normalized spacial score (nSPS) is 10.5. The summed E-state index contributed by atoms with van der Waals surface area (Å²) >= 11 is 6.38. The summed E-state index contributed by atoms with van der Waals surface area (Å²) < 4.78 is 6.42. The molecule has 7 heteroatoms. The molecule has 0 saturated carbocycles. The van der Waals surface area contributed by atoms with E-state index in [1.54, 1.807) is 6.07 Å². The number of hydrogen-bond acceptors (Lipinski definition) is 4. The Balaban J connectivity index is 2.58. The van der Waals surface area contributed by atoms with Crippen LogP contribution >= 0.6 is 31.9 Å². The Morgan fingerprint density at radius 3 is 2.67 bits per heavy atom. The molecule has 5 nitrogen and oxygen atoms in total. The molecule has 2 rings (SSSR count). The number of H-pyrrole nitrogens is 1. The van der Waals surface area contributed by atoms with Crippen molar-refractivity contribution in [3.05, 3.63) is 31.6 Å². The third-order valence-electron chi connectivity index (χ3n) is 1.61. The van der Waals surface area contributed by atoms with E-state index in [-0.39, 0.29) is 11.7 Å². The summed E-state index contributed by atoms with van der Waals surface area (Å²) in [6.45, 7) is 0. The van der Waals surface area contributed by atoms with E-state index in [1.807, 2.05) is 0 Å².